The third-order valence-electron chi connectivity index (χ3n) is 7.05. The molecule has 0 aliphatic carbocycles. The van der Waals surface area contributed by atoms with Crippen molar-refractivity contribution in [2.75, 3.05) is 19.6 Å². The van der Waals surface area contributed by atoms with Crippen molar-refractivity contribution in [3.8, 4) is 0 Å². The Kier molecular flexibility index (Phi) is 16.1. The molecule has 0 saturated carbocycles. The van der Waals surface area contributed by atoms with E-state index in [1.807, 2.05) is 55.5 Å². The monoisotopic (exact) mass is 629 g/mol. The maximum atomic E-state index is 11.8. The molecule has 0 atom stereocenters. The first-order valence-corrected chi connectivity index (χ1v) is 16.2. The molecule has 2 N–H and O–H groups in total. The van der Waals surface area contributed by atoms with Crippen molar-refractivity contribution in [1.29, 1.82) is 0 Å². The second-order valence-corrected chi connectivity index (χ2v) is 14.4. The zero-order valence-electron chi connectivity index (χ0n) is 29.4. The number of benzene rings is 3. The number of carbonyl (C=O) groups is 2. The number of hydrogen-bond acceptors (Lipinski definition) is 4. The SMILES string of the molecule is CC(C)(C)c1ccc(C(=O)NCCN=C=S)cc1.CCCNC(=O)c1ccc(C(C)(C)C)cc1.Cc1ccc(C(C)(C)C)cc1. The van der Waals surface area contributed by atoms with E-state index in [0.717, 1.165) is 18.5 Å². The number of aryl methyl sites for hydroxylation is 1. The van der Waals surface area contributed by atoms with Gasteiger partial charge in [-0.1, -0.05) is 123 Å². The Balaban J connectivity index is 0.000000347. The second kappa shape index (κ2) is 18.4. The van der Waals surface area contributed by atoms with Crippen molar-refractivity contribution in [2.45, 2.75) is 98.8 Å². The van der Waals surface area contributed by atoms with Gasteiger partial charge in [0.1, 0.15) is 0 Å². The van der Waals surface area contributed by atoms with Gasteiger partial charge >= 0.3 is 0 Å². The van der Waals surface area contributed by atoms with Crippen LogP contribution in [-0.4, -0.2) is 36.6 Å². The summed E-state index contributed by atoms with van der Waals surface area (Å²) in [6.45, 7) is 25.5. The van der Waals surface area contributed by atoms with Gasteiger partial charge in [0.15, 0.2) is 0 Å². The van der Waals surface area contributed by atoms with Crippen molar-refractivity contribution < 1.29 is 9.59 Å². The maximum Gasteiger partial charge on any atom is 0.251 e. The van der Waals surface area contributed by atoms with Gasteiger partial charge in [0.05, 0.1) is 11.7 Å². The Morgan fingerprint density at radius 1 is 0.622 bits per heavy atom. The van der Waals surface area contributed by atoms with Crippen LogP contribution in [0.4, 0.5) is 0 Å². The number of nitrogens with one attached hydrogen (secondary N) is 2. The highest BCUT2D eigenvalue weighted by molar-refractivity contribution is 7.78. The third-order valence-corrected chi connectivity index (χ3v) is 7.18. The Morgan fingerprint density at radius 2 is 0.956 bits per heavy atom. The first-order chi connectivity index (χ1) is 20.9. The zero-order chi connectivity index (χ0) is 34.3. The van der Waals surface area contributed by atoms with Gasteiger partial charge in [0.2, 0.25) is 0 Å². The van der Waals surface area contributed by atoms with Crippen LogP contribution in [0.15, 0.2) is 77.8 Å². The second-order valence-electron chi connectivity index (χ2n) is 14.3. The number of carbonyl (C=O) groups excluding carboxylic acids is 2. The minimum absolute atomic E-state index is 0.0160. The highest BCUT2D eigenvalue weighted by Gasteiger charge is 2.15. The molecule has 0 bridgehead atoms. The summed E-state index contributed by atoms with van der Waals surface area (Å²) in [6, 6.07) is 24.3. The highest BCUT2D eigenvalue weighted by atomic mass is 32.1. The molecule has 0 unspecified atom stereocenters. The van der Waals surface area contributed by atoms with E-state index < -0.39 is 0 Å². The summed E-state index contributed by atoms with van der Waals surface area (Å²) in [5, 5.41) is 7.90. The predicted molar refractivity (Wildman–Crippen MR) is 195 cm³/mol. The van der Waals surface area contributed by atoms with E-state index in [1.54, 1.807) is 0 Å². The summed E-state index contributed by atoms with van der Waals surface area (Å²) in [6.07, 6.45) is 0.964. The van der Waals surface area contributed by atoms with Gasteiger partial charge in [-0.2, -0.15) is 0 Å². The van der Waals surface area contributed by atoms with E-state index >= 15 is 0 Å². The van der Waals surface area contributed by atoms with Crippen molar-refractivity contribution in [1.82, 2.24) is 10.6 Å². The Bertz CT molecular complexity index is 1370. The lowest BCUT2D eigenvalue weighted by Crippen LogP contribution is -2.26. The van der Waals surface area contributed by atoms with Crippen LogP contribution < -0.4 is 10.6 Å². The minimum atomic E-state index is -0.0879. The molecule has 5 nitrogen and oxygen atoms in total. The largest absolute Gasteiger partial charge is 0.352 e. The average Bonchev–Trinajstić information content (AvgIpc) is 2.97. The molecule has 0 aliphatic heterocycles. The fourth-order valence-electron chi connectivity index (χ4n) is 4.01. The number of amides is 2. The summed E-state index contributed by atoms with van der Waals surface area (Å²) in [7, 11) is 0. The van der Waals surface area contributed by atoms with E-state index in [0.29, 0.717) is 18.7 Å². The molecule has 45 heavy (non-hydrogen) atoms. The van der Waals surface area contributed by atoms with Crippen molar-refractivity contribution in [2.24, 2.45) is 4.99 Å². The predicted octanol–water partition coefficient (Wildman–Crippen LogP) is 9.23. The molecule has 3 rings (SSSR count). The summed E-state index contributed by atoms with van der Waals surface area (Å²) < 4.78 is 0. The van der Waals surface area contributed by atoms with Gasteiger partial charge in [-0.25, -0.2) is 4.99 Å². The van der Waals surface area contributed by atoms with Gasteiger partial charge in [-0.05, 0) is 82.8 Å². The number of nitrogens with zero attached hydrogens (tertiary/aromatic N) is 1. The molecule has 0 aliphatic rings. The Hall–Kier alpha value is -3.60. The lowest BCUT2D eigenvalue weighted by molar-refractivity contribution is 0.0946. The topological polar surface area (TPSA) is 70.6 Å². The van der Waals surface area contributed by atoms with Crippen LogP contribution in [0.1, 0.15) is 119 Å². The van der Waals surface area contributed by atoms with E-state index in [-0.39, 0.29) is 28.1 Å². The first kappa shape index (κ1) is 39.4. The van der Waals surface area contributed by atoms with E-state index in [4.69, 9.17) is 0 Å². The van der Waals surface area contributed by atoms with Crippen LogP contribution >= 0.6 is 12.2 Å². The fraction of sp³-hybridized carbons (Fsp3) is 0.462. The molecular formula is C39H55N3O2S. The molecule has 3 aromatic carbocycles. The van der Waals surface area contributed by atoms with Crippen LogP contribution in [0, 0.1) is 6.92 Å². The maximum absolute atomic E-state index is 11.8. The highest BCUT2D eigenvalue weighted by Crippen LogP contribution is 2.23. The average molecular weight is 630 g/mol. The van der Waals surface area contributed by atoms with Crippen LogP contribution in [0.3, 0.4) is 0 Å². The summed E-state index contributed by atoms with van der Waals surface area (Å²) in [5.41, 5.74) is 7.12. The molecule has 0 fully saturated rings. The molecular weight excluding hydrogens is 575 g/mol. The quantitative estimate of drug-likeness (QED) is 0.155. The van der Waals surface area contributed by atoms with E-state index in [2.05, 4.69) is 127 Å². The normalized spacial score (nSPS) is 11.1. The number of thiocarbonyl (C=S) groups is 1. The summed E-state index contributed by atoms with van der Waals surface area (Å²) in [4.78, 5) is 27.2. The molecule has 0 aromatic heterocycles. The number of hydrogen-bond donors (Lipinski definition) is 2. The van der Waals surface area contributed by atoms with Crippen LogP contribution in [-0.2, 0) is 16.2 Å². The fourth-order valence-corrected chi connectivity index (χ4v) is 4.10. The van der Waals surface area contributed by atoms with Gasteiger partial charge in [0, 0.05) is 24.2 Å². The van der Waals surface area contributed by atoms with Crippen molar-refractivity contribution >= 4 is 29.2 Å². The molecule has 0 saturated heterocycles. The smallest absolute Gasteiger partial charge is 0.251 e. The van der Waals surface area contributed by atoms with Crippen LogP contribution in [0.25, 0.3) is 0 Å². The molecule has 244 valence electrons. The lowest BCUT2D eigenvalue weighted by atomic mass is 9.86. The lowest BCUT2D eigenvalue weighted by Gasteiger charge is -2.19. The Morgan fingerprint density at radius 3 is 1.27 bits per heavy atom. The Labute approximate surface area is 278 Å². The zero-order valence-corrected chi connectivity index (χ0v) is 30.2. The van der Waals surface area contributed by atoms with Gasteiger partial charge in [-0.3, -0.25) is 9.59 Å². The van der Waals surface area contributed by atoms with Gasteiger partial charge in [-0.15, -0.1) is 0 Å². The van der Waals surface area contributed by atoms with Gasteiger partial charge in [0.25, 0.3) is 11.8 Å². The molecule has 2 amide bonds. The standard InChI is InChI=1S/C14H18N2OS.C14H21NO.C11H16/c1-14(2,3)12-6-4-11(5-7-12)13(17)16-9-8-15-10-18;1-5-10-15-13(16)11-6-8-12(9-7-11)14(2,3)4;1-9-5-7-10(8-6-9)11(2,3)4/h4-7H,8-9H2,1-3H3,(H,16,17);6-9H,5,10H2,1-4H3,(H,15,16);5-8H,1-4H3. The molecule has 6 heteroatoms. The number of aliphatic imine (C=N–C) groups is 1. The third kappa shape index (κ3) is 15.3. The number of isothiocyanates is 1. The van der Waals surface area contributed by atoms with Crippen molar-refractivity contribution in [3.63, 3.8) is 0 Å². The van der Waals surface area contributed by atoms with E-state index in [1.165, 1.54) is 22.3 Å². The van der Waals surface area contributed by atoms with Gasteiger partial charge < -0.3 is 10.6 Å². The summed E-state index contributed by atoms with van der Waals surface area (Å²) in [5.74, 6) is -0.0719. The number of rotatable bonds is 7. The van der Waals surface area contributed by atoms with Crippen molar-refractivity contribution in [3.05, 3.63) is 106 Å². The molecule has 0 radical (unpaired) electrons. The minimum Gasteiger partial charge on any atom is -0.352 e. The van der Waals surface area contributed by atoms with E-state index in [9.17, 15) is 9.59 Å². The molecule has 0 spiro atoms. The molecule has 3 aromatic rings. The van der Waals surface area contributed by atoms with Crippen LogP contribution in [0.2, 0.25) is 0 Å². The summed E-state index contributed by atoms with van der Waals surface area (Å²) >= 11 is 4.44. The molecule has 0 heterocycles. The first-order valence-electron chi connectivity index (χ1n) is 15.8. The van der Waals surface area contributed by atoms with Crippen LogP contribution in [0.5, 0.6) is 0 Å².